The summed E-state index contributed by atoms with van der Waals surface area (Å²) in [5.74, 6) is 0. The molecule has 0 unspecified atom stereocenters. The summed E-state index contributed by atoms with van der Waals surface area (Å²) in [6.07, 6.45) is 11.4. The molecule has 19 heavy (non-hydrogen) atoms. The van der Waals surface area contributed by atoms with E-state index in [4.69, 9.17) is 0 Å². The molecule has 0 heteroatoms. The zero-order valence-corrected chi connectivity index (χ0v) is 12.4. The number of rotatable bonds is 7. The molecule has 102 valence electrons. The molecule has 0 bridgehead atoms. The summed E-state index contributed by atoms with van der Waals surface area (Å²) in [5, 5.41) is 0. The number of unbranched alkanes of at least 4 members (excludes halogenated alkanes) is 2. The van der Waals surface area contributed by atoms with E-state index in [-0.39, 0.29) is 0 Å². The molecular weight excluding hydrogens is 228 g/mol. The highest BCUT2D eigenvalue weighted by Crippen LogP contribution is 2.38. The van der Waals surface area contributed by atoms with Gasteiger partial charge in [-0.05, 0) is 54.4 Å². The average Bonchev–Trinajstić information content (AvgIpc) is 2.86. The number of hydrogen-bond donors (Lipinski definition) is 0. The lowest BCUT2D eigenvalue weighted by atomic mass is 9.93. The molecular formula is C19H26. The molecule has 0 aromatic heterocycles. The van der Waals surface area contributed by atoms with Gasteiger partial charge in [0.05, 0.1) is 0 Å². The molecule has 0 atom stereocenters. The fourth-order valence-electron chi connectivity index (χ4n) is 2.88. The molecule has 0 fully saturated rings. The zero-order chi connectivity index (χ0) is 13.5. The Hall–Kier alpha value is -1.30. The molecule has 1 aliphatic rings. The molecule has 0 amide bonds. The Labute approximate surface area is 118 Å². The third kappa shape index (κ3) is 3.59. The predicted octanol–water partition coefficient (Wildman–Crippen LogP) is 6.15. The number of benzene rings is 1. The van der Waals surface area contributed by atoms with E-state index < -0.39 is 0 Å². The van der Waals surface area contributed by atoms with Crippen molar-refractivity contribution in [2.45, 2.75) is 58.8 Å². The van der Waals surface area contributed by atoms with Gasteiger partial charge in [-0.2, -0.15) is 0 Å². The van der Waals surface area contributed by atoms with Gasteiger partial charge in [0, 0.05) is 0 Å². The van der Waals surface area contributed by atoms with Crippen LogP contribution in [-0.4, -0.2) is 0 Å². The summed E-state index contributed by atoms with van der Waals surface area (Å²) in [6, 6.07) is 10.9. The molecule has 0 N–H and O–H groups in total. The van der Waals surface area contributed by atoms with Gasteiger partial charge in [0.15, 0.2) is 0 Å². The van der Waals surface area contributed by atoms with E-state index >= 15 is 0 Å². The molecule has 2 rings (SSSR count). The monoisotopic (exact) mass is 254 g/mol. The van der Waals surface area contributed by atoms with Crippen LogP contribution in [-0.2, 0) is 0 Å². The number of hydrogen-bond acceptors (Lipinski definition) is 0. The molecule has 1 aliphatic carbocycles. The Morgan fingerprint density at radius 3 is 2.26 bits per heavy atom. The van der Waals surface area contributed by atoms with Crippen LogP contribution in [0.3, 0.4) is 0 Å². The first kappa shape index (κ1) is 14.1. The van der Waals surface area contributed by atoms with Crippen LogP contribution in [0, 0.1) is 0 Å². The second kappa shape index (κ2) is 7.33. The Balaban J connectivity index is 2.22. The summed E-state index contributed by atoms with van der Waals surface area (Å²) in [6.45, 7) is 4.57. The molecule has 0 saturated heterocycles. The highest BCUT2D eigenvalue weighted by molar-refractivity contribution is 5.76. The van der Waals surface area contributed by atoms with Gasteiger partial charge >= 0.3 is 0 Å². The standard InChI is InChI=1S/C19H26/c1-3-5-10-17-14-15-19(18(17)13-6-4-2)16-11-8-7-9-12-16/h7-9,11-12,14H,3-6,10,13,15H2,1-2H3. The van der Waals surface area contributed by atoms with E-state index in [1.807, 2.05) is 0 Å². The second-order valence-corrected chi connectivity index (χ2v) is 5.46. The fraction of sp³-hybridized carbons (Fsp3) is 0.474. The van der Waals surface area contributed by atoms with Gasteiger partial charge in [-0.15, -0.1) is 0 Å². The Kier molecular flexibility index (Phi) is 5.44. The van der Waals surface area contributed by atoms with Gasteiger partial charge in [0.2, 0.25) is 0 Å². The smallest absolute Gasteiger partial charge is 0.00827 e. The maximum atomic E-state index is 2.48. The Morgan fingerprint density at radius 1 is 0.895 bits per heavy atom. The van der Waals surface area contributed by atoms with E-state index in [9.17, 15) is 0 Å². The van der Waals surface area contributed by atoms with Gasteiger partial charge in [0.1, 0.15) is 0 Å². The quantitative estimate of drug-likeness (QED) is 0.547. The third-order valence-electron chi connectivity index (χ3n) is 4.01. The van der Waals surface area contributed by atoms with E-state index in [0.717, 1.165) is 6.42 Å². The highest BCUT2D eigenvalue weighted by atomic mass is 14.2. The van der Waals surface area contributed by atoms with Gasteiger partial charge in [0.25, 0.3) is 0 Å². The summed E-state index contributed by atoms with van der Waals surface area (Å²) >= 11 is 0. The first-order chi connectivity index (χ1) is 9.36. The van der Waals surface area contributed by atoms with E-state index in [1.54, 1.807) is 16.7 Å². The minimum atomic E-state index is 1.14. The summed E-state index contributed by atoms with van der Waals surface area (Å²) in [7, 11) is 0. The van der Waals surface area contributed by atoms with E-state index in [1.165, 1.54) is 44.1 Å². The minimum absolute atomic E-state index is 1.14. The lowest BCUT2D eigenvalue weighted by Crippen LogP contribution is -1.92. The summed E-state index contributed by atoms with van der Waals surface area (Å²) in [4.78, 5) is 0. The molecule has 1 aromatic carbocycles. The first-order valence-electron chi connectivity index (χ1n) is 7.83. The maximum absolute atomic E-state index is 2.48. The molecule has 0 aliphatic heterocycles. The van der Waals surface area contributed by atoms with Crippen molar-refractivity contribution in [3.63, 3.8) is 0 Å². The van der Waals surface area contributed by atoms with Crippen LogP contribution >= 0.6 is 0 Å². The SMILES string of the molecule is CCCCC1=CCC(c2ccccc2)=C1CCCC. The van der Waals surface area contributed by atoms with E-state index in [2.05, 4.69) is 50.3 Å². The van der Waals surface area contributed by atoms with Crippen molar-refractivity contribution >= 4 is 5.57 Å². The van der Waals surface area contributed by atoms with Crippen LogP contribution in [0.2, 0.25) is 0 Å². The van der Waals surface area contributed by atoms with Gasteiger partial charge in [-0.1, -0.05) is 63.1 Å². The van der Waals surface area contributed by atoms with Crippen LogP contribution in [0.5, 0.6) is 0 Å². The number of allylic oxidation sites excluding steroid dienone is 4. The molecule has 0 heterocycles. The van der Waals surface area contributed by atoms with Crippen LogP contribution in [0.4, 0.5) is 0 Å². The summed E-state index contributed by atoms with van der Waals surface area (Å²) in [5.41, 5.74) is 6.30. The van der Waals surface area contributed by atoms with Gasteiger partial charge in [-0.25, -0.2) is 0 Å². The van der Waals surface area contributed by atoms with Crippen molar-refractivity contribution in [2.24, 2.45) is 0 Å². The first-order valence-corrected chi connectivity index (χ1v) is 7.83. The van der Waals surface area contributed by atoms with Gasteiger partial charge < -0.3 is 0 Å². The van der Waals surface area contributed by atoms with Crippen molar-refractivity contribution < 1.29 is 0 Å². The van der Waals surface area contributed by atoms with E-state index in [0.29, 0.717) is 0 Å². The highest BCUT2D eigenvalue weighted by Gasteiger charge is 2.17. The van der Waals surface area contributed by atoms with Crippen molar-refractivity contribution in [1.82, 2.24) is 0 Å². The van der Waals surface area contributed by atoms with Crippen molar-refractivity contribution in [1.29, 1.82) is 0 Å². The normalized spacial score (nSPS) is 14.9. The third-order valence-corrected chi connectivity index (χ3v) is 4.01. The maximum Gasteiger partial charge on any atom is -0.00827 e. The Bertz CT molecular complexity index is 448. The average molecular weight is 254 g/mol. The molecule has 0 saturated carbocycles. The fourth-order valence-corrected chi connectivity index (χ4v) is 2.88. The van der Waals surface area contributed by atoms with Crippen LogP contribution < -0.4 is 0 Å². The molecule has 0 radical (unpaired) electrons. The van der Waals surface area contributed by atoms with Crippen molar-refractivity contribution in [2.75, 3.05) is 0 Å². The molecule has 0 nitrogen and oxygen atoms in total. The van der Waals surface area contributed by atoms with Crippen LogP contribution in [0.1, 0.15) is 64.4 Å². The molecule has 0 spiro atoms. The van der Waals surface area contributed by atoms with Gasteiger partial charge in [-0.3, -0.25) is 0 Å². The minimum Gasteiger partial charge on any atom is -0.0766 e. The largest absolute Gasteiger partial charge is 0.0766 e. The Morgan fingerprint density at radius 2 is 1.58 bits per heavy atom. The zero-order valence-electron chi connectivity index (χ0n) is 12.4. The predicted molar refractivity (Wildman–Crippen MR) is 85.1 cm³/mol. The van der Waals surface area contributed by atoms with Crippen molar-refractivity contribution in [3.8, 4) is 0 Å². The topological polar surface area (TPSA) is 0 Å². The summed E-state index contributed by atoms with van der Waals surface area (Å²) < 4.78 is 0. The van der Waals surface area contributed by atoms with Crippen molar-refractivity contribution in [3.05, 3.63) is 53.1 Å². The molecule has 1 aromatic rings. The lowest BCUT2D eigenvalue weighted by Gasteiger charge is -2.12. The second-order valence-electron chi connectivity index (χ2n) is 5.46. The lowest BCUT2D eigenvalue weighted by molar-refractivity contribution is 0.757. The van der Waals surface area contributed by atoms with Crippen LogP contribution in [0.25, 0.3) is 5.57 Å². The van der Waals surface area contributed by atoms with Crippen LogP contribution in [0.15, 0.2) is 47.6 Å².